The molecule has 1 amide bonds. The number of carbonyl (C=O) groups is 2. The molecule has 0 bridgehead atoms. The van der Waals surface area contributed by atoms with E-state index in [0.29, 0.717) is 62.1 Å². The van der Waals surface area contributed by atoms with Gasteiger partial charge in [-0.05, 0) is 31.9 Å². The van der Waals surface area contributed by atoms with Gasteiger partial charge in [-0.3, -0.25) is 9.59 Å². The molecule has 184 valence electrons. The van der Waals surface area contributed by atoms with Crippen LogP contribution in [0.25, 0.3) is 0 Å². The molecule has 1 aliphatic rings. The molecule has 4 rings (SSSR count). The minimum absolute atomic E-state index is 0.00759. The third-order valence-corrected chi connectivity index (χ3v) is 6.38. The quantitative estimate of drug-likeness (QED) is 0.307. The number of carbonyl (C=O) groups excluding carboxylic acids is 2. The molecule has 0 atom stereocenters. The van der Waals surface area contributed by atoms with Crippen molar-refractivity contribution in [2.45, 2.75) is 32.2 Å². The number of hydrogen-bond acceptors (Lipinski definition) is 5. The van der Waals surface area contributed by atoms with Crippen molar-refractivity contribution in [2.75, 3.05) is 39.5 Å². The van der Waals surface area contributed by atoms with Crippen LogP contribution in [0.15, 0.2) is 67.0 Å². The number of nitrogens with zero attached hydrogens (tertiary/aromatic N) is 3. The lowest BCUT2D eigenvalue weighted by Gasteiger charge is -2.32. The van der Waals surface area contributed by atoms with Crippen LogP contribution in [0.3, 0.4) is 0 Å². The molecule has 1 aliphatic heterocycles. The molecular formula is C28H33N3O4. The van der Waals surface area contributed by atoms with Crippen molar-refractivity contribution < 1.29 is 19.1 Å². The number of rotatable bonds is 11. The number of amides is 1. The van der Waals surface area contributed by atoms with Crippen molar-refractivity contribution in [3.8, 4) is 0 Å². The van der Waals surface area contributed by atoms with Gasteiger partial charge in [0.05, 0.1) is 19.8 Å². The van der Waals surface area contributed by atoms with Gasteiger partial charge in [0.2, 0.25) is 0 Å². The highest BCUT2D eigenvalue weighted by molar-refractivity contribution is 6.09. The number of imidazole rings is 1. The fourth-order valence-electron chi connectivity index (χ4n) is 4.44. The summed E-state index contributed by atoms with van der Waals surface area (Å²) in [5.41, 5.74) is 1.84. The first-order valence-electron chi connectivity index (χ1n) is 12.3. The Labute approximate surface area is 206 Å². The van der Waals surface area contributed by atoms with Gasteiger partial charge in [0, 0.05) is 61.2 Å². The van der Waals surface area contributed by atoms with Crippen molar-refractivity contribution in [1.82, 2.24) is 14.5 Å². The fraction of sp³-hybridized carbons (Fsp3) is 0.393. The predicted octanol–water partition coefficient (Wildman–Crippen LogP) is 4.19. The molecule has 0 saturated carbocycles. The van der Waals surface area contributed by atoms with Crippen LogP contribution >= 0.6 is 0 Å². The number of piperidine rings is 1. The molecule has 0 N–H and O–H groups in total. The van der Waals surface area contributed by atoms with Gasteiger partial charge in [0.15, 0.2) is 5.78 Å². The predicted molar refractivity (Wildman–Crippen MR) is 134 cm³/mol. The van der Waals surface area contributed by atoms with Crippen LogP contribution in [0.5, 0.6) is 0 Å². The van der Waals surface area contributed by atoms with E-state index in [1.807, 2.05) is 42.4 Å². The third kappa shape index (κ3) is 6.44. The first-order valence-corrected chi connectivity index (χ1v) is 12.3. The summed E-state index contributed by atoms with van der Waals surface area (Å²) in [6.07, 6.45) is 5.58. The Kier molecular flexibility index (Phi) is 8.81. The van der Waals surface area contributed by atoms with Crippen LogP contribution < -0.4 is 0 Å². The standard InChI is InChI=1S/C28H33N3O4/c1-2-34-20-21-35-19-18-30-17-14-29-27(30)24-12-15-31(16-13-24)28(33)25-10-8-23(9-11-25)26(32)22-6-4-3-5-7-22/h3-11,14,17,24H,2,12-13,15-16,18-21H2,1H3. The van der Waals surface area contributed by atoms with E-state index >= 15 is 0 Å². The second-order valence-electron chi connectivity index (χ2n) is 8.63. The monoisotopic (exact) mass is 475 g/mol. The molecule has 3 aromatic rings. The molecule has 1 saturated heterocycles. The Morgan fingerprint density at radius 3 is 2.26 bits per heavy atom. The summed E-state index contributed by atoms with van der Waals surface area (Å²) in [6.45, 7) is 6.64. The number of benzene rings is 2. The first kappa shape index (κ1) is 24.8. The lowest BCUT2D eigenvalue weighted by Crippen LogP contribution is -2.38. The number of aromatic nitrogens is 2. The van der Waals surface area contributed by atoms with Gasteiger partial charge in [-0.15, -0.1) is 0 Å². The van der Waals surface area contributed by atoms with Crippen molar-refractivity contribution in [1.29, 1.82) is 0 Å². The van der Waals surface area contributed by atoms with E-state index in [4.69, 9.17) is 9.47 Å². The molecule has 2 heterocycles. The molecule has 0 aliphatic carbocycles. The van der Waals surface area contributed by atoms with Gasteiger partial charge in [-0.2, -0.15) is 0 Å². The molecule has 0 spiro atoms. The number of hydrogen-bond donors (Lipinski definition) is 0. The fourth-order valence-corrected chi connectivity index (χ4v) is 4.44. The molecule has 0 radical (unpaired) electrons. The summed E-state index contributed by atoms with van der Waals surface area (Å²) in [5.74, 6) is 1.35. The second kappa shape index (κ2) is 12.4. The van der Waals surface area contributed by atoms with E-state index < -0.39 is 0 Å². The van der Waals surface area contributed by atoms with Crippen LogP contribution in [0.1, 0.15) is 57.8 Å². The molecule has 7 heteroatoms. The summed E-state index contributed by atoms with van der Waals surface area (Å²) in [6, 6.07) is 16.2. The maximum absolute atomic E-state index is 13.1. The summed E-state index contributed by atoms with van der Waals surface area (Å²) in [7, 11) is 0. The van der Waals surface area contributed by atoms with E-state index in [0.717, 1.165) is 25.2 Å². The van der Waals surface area contributed by atoms with Crippen molar-refractivity contribution in [3.05, 3.63) is 89.5 Å². The summed E-state index contributed by atoms with van der Waals surface area (Å²) in [4.78, 5) is 32.2. The second-order valence-corrected chi connectivity index (χ2v) is 8.63. The maximum Gasteiger partial charge on any atom is 0.253 e. The minimum atomic E-state index is -0.0411. The molecule has 7 nitrogen and oxygen atoms in total. The Hall–Kier alpha value is -3.29. The van der Waals surface area contributed by atoms with Gasteiger partial charge >= 0.3 is 0 Å². The van der Waals surface area contributed by atoms with Gasteiger partial charge in [-0.25, -0.2) is 4.98 Å². The van der Waals surface area contributed by atoms with Gasteiger partial charge in [0.1, 0.15) is 5.82 Å². The highest BCUT2D eigenvalue weighted by atomic mass is 16.5. The maximum atomic E-state index is 13.1. The minimum Gasteiger partial charge on any atom is -0.379 e. The Balaban J connectivity index is 1.28. The molecule has 35 heavy (non-hydrogen) atoms. The SMILES string of the molecule is CCOCCOCCn1ccnc1C1CCN(C(=O)c2ccc(C(=O)c3ccccc3)cc2)CC1. The van der Waals surface area contributed by atoms with Crippen molar-refractivity contribution in [3.63, 3.8) is 0 Å². The Bertz CT molecular complexity index is 1090. The first-order chi connectivity index (χ1) is 17.2. The van der Waals surface area contributed by atoms with Crippen LogP contribution in [0.4, 0.5) is 0 Å². The summed E-state index contributed by atoms with van der Waals surface area (Å²) in [5, 5.41) is 0. The van der Waals surface area contributed by atoms with Crippen molar-refractivity contribution >= 4 is 11.7 Å². The van der Waals surface area contributed by atoms with Gasteiger partial charge < -0.3 is 18.9 Å². The van der Waals surface area contributed by atoms with E-state index in [9.17, 15) is 9.59 Å². The average Bonchev–Trinajstić information content (AvgIpc) is 3.39. The number of likely N-dealkylation sites (tertiary alicyclic amines) is 1. The zero-order chi connectivity index (χ0) is 24.5. The zero-order valence-corrected chi connectivity index (χ0v) is 20.3. The van der Waals surface area contributed by atoms with Crippen LogP contribution in [0, 0.1) is 0 Å². The van der Waals surface area contributed by atoms with E-state index in [2.05, 4.69) is 9.55 Å². The van der Waals surface area contributed by atoms with Crippen LogP contribution in [0.2, 0.25) is 0 Å². The lowest BCUT2D eigenvalue weighted by molar-refractivity contribution is 0.0492. The van der Waals surface area contributed by atoms with Crippen LogP contribution in [-0.4, -0.2) is 65.7 Å². The molecule has 2 aromatic carbocycles. The van der Waals surface area contributed by atoms with Gasteiger partial charge in [0.25, 0.3) is 5.91 Å². The largest absolute Gasteiger partial charge is 0.379 e. The van der Waals surface area contributed by atoms with Crippen molar-refractivity contribution in [2.24, 2.45) is 0 Å². The smallest absolute Gasteiger partial charge is 0.253 e. The van der Waals surface area contributed by atoms with E-state index in [1.54, 1.807) is 36.4 Å². The van der Waals surface area contributed by atoms with Crippen LogP contribution in [-0.2, 0) is 16.0 Å². The molecule has 1 fully saturated rings. The average molecular weight is 476 g/mol. The highest BCUT2D eigenvalue weighted by Crippen LogP contribution is 2.28. The lowest BCUT2D eigenvalue weighted by atomic mass is 9.95. The number of ketones is 1. The van der Waals surface area contributed by atoms with E-state index in [-0.39, 0.29) is 11.7 Å². The Morgan fingerprint density at radius 2 is 1.54 bits per heavy atom. The topological polar surface area (TPSA) is 73.7 Å². The Morgan fingerprint density at radius 1 is 0.886 bits per heavy atom. The molecule has 1 aromatic heterocycles. The van der Waals surface area contributed by atoms with Gasteiger partial charge in [-0.1, -0.05) is 42.5 Å². The highest BCUT2D eigenvalue weighted by Gasteiger charge is 2.27. The molecular weight excluding hydrogens is 442 g/mol. The van der Waals surface area contributed by atoms with E-state index in [1.165, 1.54) is 0 Å². The molecule has 0 unspecified atom stereocenters. The summed E-state index contributed by atoms with van der Waals surface area (Å²) < 4.78 is 13.1. The zero-order valence-electron chi connectivity index (χ0n) is 20.3. The normalized spacial score (nSPS) is 14.3. The summed E-state index contributed by atoms with van der Waals surface area (Å²) >= 11 is 0. The third-order valence-electron chi connectivity index (χ3n) is 6.38. The number of ether oxygens (including phenoxy) is 2.